The summed E-state index contributed by atoms with van der Waals surface area (Å²) in [5, 5.41) is 0. The van der Waals surface area contributed by atoms with Gasteiger partial charge in [0.1, 0.15) is 13.2 Å². The standard InChI is InChI=1S/C70H132O6/c1-4-7-10-13-16-19-22-25-28-31-32-33-34-35-36-37-38-40-42-45-48-51-54-57-60-63-69(72)75-66-67(65-74-68(71)62-59-56-53-50-47-44-41-30-27-24-21-18-15-12-9-6-3)76-70(73)64-61-58-55-52-49-46-43-39-29-26-23-20-17-14-11-8-5-2/h30-32,41,67H,4-29,33-40,42-66H2,1-3H3/b32-31-,41-30-. The highest BCUT2D eigenvalue weighted by atomic mass is 16.6. The second-order valence-electron chi connectivity index (χ2n) is 23.4. The van der Waals surface area contributed by atoms with Gasteiger partial charge >= 0.3 is 17.9 Å². The number of ether oxygens (including phenoxy) is 3. The number of rotatable bonds is 64. The van der Waals surface area contributed by atoms with E-state index in [1.807, 2.05) is 0 Å². The number of carbonyl (C=O) groups excluding carboxylic acids is 3. The Bertz CT molecular complexity index is 1230. The third kappa shape index (κ3) is 62.7. The smallest absolute Gasteiger partial charge is 0.306 e. The Balaban J connectivity index is 4.26. The molecule has 6 heteroatoms. The number of esters is 3. The van der Waals surface area contributed by atoms with Crippen molar-refractivity contribution in [1.29, 1.82) is 0 Å². The summed E-state index contributed by atoms with van der Waals surface area (Å²) in [7, 11) is 0. The number of unbranched alkanes of at least 4 members (excludes halogenated alkanes) is 49. The molecule has 0 rings (SSSR count). The van der Waals surface area contributed by atoms with Gasteiger partial charge in [-0.25, -0.2) is 0 Å². The van der Waals surface area contributed by atoms with Crippen molar-refractivity contribution in [1.82, 2.24) is 0 Å². The lowest BCUT2D eigenvalue weighted by Gasteiger charge is -2.18. The van der Waals surface area contributed by atoms with Gasteiger partial charge in [0.2, 0.25) is 0 Å². The van der Waals surface area contributed by atoms with Crippen LogP contribution in [0.1, 0.15) is 387 Å². The van der Waals surface area contributed by atoms with E-state index in [1.165, 1.54) is 283 Å². The predicted molar refractivity (Wildman–Crippen MR) is 330 cm³/mol. The van der Waals surface area contributed by atoms with Crippen LogP contribution in [0, 0.1) is 0 Å². The van der Waals surface area contributed by atoms with Crippen LogP contribution in [0.3, 0.4) is 0 Å². The molecule has 1 unspecified atom stereocenters. The lowest BCUT2D eigenvalue weighted by atomic mass is 10.0. The van der Waals surface area contributed by atoms with E-state index < -0.39 is 6.10 Å². The lowest BCUT2D eigenvalue weighted by molar-refractivity contribution is -0.167. The van der Waals surface area contributed by atoms with Gasteiger partial charge < -0.3 is 14.2 Å². The Morgan fingerprint density at radius 2 is 0.434 bits per heavy atom. The van der Waals surface area contributed by atoms with Crippen LogP contribution in [0.15, 0.2) is 24.3 Å². The zero-order chi connectivity index (χ0) is 55.0. The monoisotopic (exact) mass is 1070 g/mol. The molecule has 0 fully saturated rings. The zero-order valence-electron chi connectivity index (χ0n) is 51.6. The van der Waals surface area contributed by atoms with Gasteiger partial charge in [-0.3, -0.25) is 14.4 Å². The summed E-state index contributed by atoms with van der Waals surface area (Å²) in [5.74, 6) is -0.846. The fourth-order valence-corrected chi connectivity index (χ4v) is 10.5. The Labute approximate surface area is 474 Å². The predicted octanol–water partition coefficient (Wildman–Crippen LogP) is 23.4. The molecule has 448 valence electrons. The van der Waals surface area contributed by atoms with Crippen molar-refractivity contribution in [3.8, 4) is 0 Å². The number of hydrogen-bond acceptors (Lipinski definition) is 6. The topological polar surface area (TPSA) is 78.9 Å². The summed E-state index contributed by atoms with van der Waals surface area (Å²) in [4.78, 5) is 38.4. The highest BCUT2D eigenvalue weighted by Crippen LogP contribution is 2.18. The summed E-state index contributed by atoms with van der Waals surface area (Å²) in [5.41, 5.74) is 0. The number of carbonyl (C=O) groups is 3. The van der Waals surface area contributed by atoms with Gasteiger partial charge in [-0.2, -0.15) is 0 Å². The zero-order valence-corrected chi connectivity index (χ0v) is 51.6. The van der Waals surface area contributed by atoms with Gasteiger partial charge in [0.15, 0.2) is 6.10 Å². The number of hydrogen-bond donors (Lipinski definition) is 0. The van der Waals surface area contributed by atoms with E-state index in [0.29, 0.717) is 19.3 Å². The largest absolute Gasteiger partial charge is 0.462 e. The maximum atomic E-state index is 12.9. The van der Waals surface area contributed by atoms with Crippen LogP contribution >= 0.6 is 0 Å². The van der Waals surface area contributed by atoms with E-state index in [0.717, 1.165) is 64.2 Å². The molecule has 6 nitrogen and oxygen atoms in total. The molecular weight excluding hydrogens is 937 g/mol. The van der Waals surface area contributed by atoms with Crippen molar-refractivity contribution in [3.63, 3.8) is 0 Å². The van der Waals surface area contributed by atoms with E-state index in [1.54, 1.807) is 0 Å². The summed E-state index contributed by atoms with van der Waals surface area (Å²) >= 11 is 0. The minimum atomic E-state index is -0.772. The van der Waals surface area contributed by atoms with Crippen molar-refractivity contribution in [2.24, 2.45) is 0 Å². The van der Waals surface area contributed by atoms with Gasteiger partial charge in [0.25, 0.3) is 0 Å². The van der Waals surface area contributed by atoms with E-state index >= 15 is 0 Å². The van der Waals surface area contributed by atoms with Crippen LogP contribution in [-0.2, 0) is 28.6 Å². The molecule has 0 aromatic heterocycles. The van der Waals surface area contributed by atoms with Gasteiger partial charge in [-0.1, -0.05) is 321 Å². The third-order valence-corrected chi connectivity index (χ3v) is 15.7. The fraction of sp³-hybridized carbons (Fsp3) is 0.900. The summed E-state index contributed by atoms with van der Waals surface area (Å²) < 4.78 is 17.0. The van der Waals surface area contributed by atoms with Crippen molar-refractivity contribution < 1.29 is 28.6 Å². The Morgan fingerprint density at radius 1 is 0.250 bits per heavy atom. The molecule has 0 aliphatic heterocycles. The van der Waals surface area contributed by atoms with Crippen molar-refractivity contribution in [2.75, 3.05) is 13.2 Å². The molecule has 0 radical (unpaired) electrons. The molecule has 0 amide bonds. The molecule has 0 aromatic rings. The van der Waals surface area contributed by atoms with Gasteiger partial charge in [-0.05, 0) is 70.6 Å². The maximum absolute atomic E-state index is 12.9. The van der Waals surface area contributed by atoms with Crippen LogP contribution in [0.2, 0.25) is 0 Å². The Morgan fingerprint density at radius 3 is 0.658 bits per heavy atom. The maximum Gasteiger partial charge on any atom is 0.306 e. The quantitative estimate of drug-likeness (QED) is 0.0261. The van der Waals surface area contributed by atoms with Crippen molar-refractivity contribution in [3.05, 3.63) is 24.3 Å². The van der Waals surface area contributed by atoms with Crippen LogP contribution in [0.4, 0.5) is 0 Å². The summed E-state index contributed by atoms with van der Waals surface area (Å²) in [6.07, 6.45) is 79.1. The lowest BCUT2D eigenvalue weighted by Crippen LogP contribution is -2.30. The van der Waals surface area contributed by atoms with Crippen molar-refractivity contribution in [2.45, 2.75) is 393 Å². The van der Waals surface area contributed by atoms with Crippen molar-refractivity contribution >= 4 is 17.9 Å². The third-order valence-electron chi connectivity index (χ3n) is 15.7. The first kappa shape index (κ1) is 73.9. The second kappa shape index (κ2) is 65.4. The molecule has 76 heavy (non-hydrogen) atoms. The first-order valence-corrected chi connectivity index (χ1v) is 34.3. The van der Waals surface area contributed by atoms with Crippen LogP contribution in [0.5, 0.6) is 0 Å². The molecule has 1 atom stereocenters. The molecule has 0 spiro atoms. The first-order valence-electron chi connectivity index (χ1n) is 34.3. The minimum Gasteiger partial charge on any atom is -0.462 e. The summed E-state index contributed by atoms with van der Waals surface area (Å²) in [6, 6.07) is 0. The normalized spacial score (nSPS) is 12.1. The minimum absolute atomic E-state index is 0.0683. The summed E-state index contributed by atoms with van der Waals surface area (Å²) in [6.45, 7) is 6.71. The molecule has 0 aliphatic rings. The molecule has 0 saturated heterocycles. The van der Waals surface area contributed by atoms with E-state index in [2.05, 4.69) is 45.1 Å². The molecule has 0 aromatic carbocycles. The highest BCUT2D eigenvalue weighted by Gasteiger charge is 2.19. The van der Waals surface area contributed by atoms with E-state index in [-0.39, 0.29) is 31.1 Å². The molecule has 0 N–H and O–H groups in total. The SMILES string of the molecule is CCCCCCCCC/C=C\CCCCCCCC(=O)OCC(COC(=O)CCCCCCCCCCCCCCC/C=C\CCCCCCCCCC)OC(=O)CCCCCCCCCCCCCCCCCCC. The average molecular weight is 1070 g/mol. The number of allylic oxidation sites excluding steroid dienone is 4. The molecule has 0 bridgehead atoms. The average Bonchev–Trinajstić information content (AvgIpc) is 3.42. The van der Waals surface area contributed by atoms with Gasteiger partial charge in [0.05, 0.1) is 0 Å². The van der Waals surface area contributed by atoms with Gasteiger partial charge in [0, 0.05) is 19.3 Å². The van der Waals surface area contributed by atoms with E-state index in [4.69, 9.17) is 14.2 Å². The molecular formula is C70H132O6. The fourth-order valence-electron chi connectivity index (χ4n) is 10.5. The van der Waals surface area contributed by atoms with Crippen LogP contribution < -0.4 is 0 Å². The van der Waals surface area contributed by atoms with Gasteiger partial charge in [-0.15, -0.1) is 0 Å². The first-order chi connectivity index (χ1) is 37.5. The molecule has 0 saturated carbocycles. The Hall–Kier alpha value is -2.11. The molecule has 0 heterocycles. The van der Waals surface area contributed by atoms with E-state index in [9.17, 15) is 14.4 Å². The Kier molecular flexibility index (Phi) is 63.6. The van der Waals surface area contributed by atoms with Crippen LogP contribution in [0.25, 0.3) is 0 Å². The highest BCUT2D eigenvalue weighted by molar-refractivity contribution is 5.71. The molecule has 0 aliphatic carbocycles. The van der Waals surface area contributed by atoms with Crippen LogP contribution in [-0.4, -0.2) is 37.2 Å². The second-order valence-corrected chi connectivity index (χ2v) is 23.4.